The molecule has 0 saturated carbocycles. The highest BCUT2D eigenvalue weighted by molar-refractivity contribution is 6.40. The maximum atomic E-state index is 8.12. The van der Waals surface area contributed by atoms with E-state index in [1.165, 1.54) is 7.11 Å². The maximum Gasteiger partial charge on any atom is 0.342 e. The lowest BCUT2D eigenvalue weighted by molar-refractivity contribution is 0.215. The average molecular weight is 108 g/mol. The van der Waals surface area contributed by atoms with Crippen LogP contribution >= 0.6 is 0 Å². The van der Waals surface area contributed by atoms with Gasteiger partial charge in [0.25, 0.3) is 0 Å². The largest absolute Gasteiger partial charge is 0.412 e. The van der Waals surface area contributed by atoms with E-state index in [1.807, 2.05) is 0 Å². The molecule has 0 atom stereocenters. The average Bonchev–Trinajstić information content (AvgIpc) is 1.35. The van der Waals surface area contributed by atoms with Crippen molar-refractivity contribution in [2.75, 3.05) is 13.3 Å². The van der Waals surface area contributed by atoms with Crippen molar-refractivity contribution in [3.8, 4) is 0 Å². The van der Waals surface area contributed by atoms with Gasteiger partial charge in [-0.15, -0.1) is 0 Å². The molecule has 0 aliphatic heterocycles. The van der Waals surface area contributed by atoms with Gasteiger partial charge in [0.1, 0.15) is 0 Å². The summed E-state index contributed by atoms with van der Waals surface area (Å²) in [6.07, 6.45) is 0.125. The fourth-order valence-electron chi connectivity index (χ4n) is 0.149. The lowest BCUT2D eigenvalue weighted by Gasteiger charge is -1.93. The molecule has 0 aromatic carbocycles. The summed E-state index contributed by atoms with van der Waals surface area (Å²) in [6, 6.07) is 0. The molecule has 6 heavy (non-hydrogen) atoms. The van der Waals surface area contributed by atoms with E-state index in [0.717, 1.165) is 0 Å². The highest BCUT2D eigenvalue weighted by atomic mass is 28.3. The molecule has 0 aliphatic rings. The third kappa shape index (κ3) is 4.10. The van der Waals surface area contributed by atoms with Crippen molar-refractivity contribution in [3.05, 3.63) is 0 Å². The van der Waals surface area contributed by atoms with Gasteiger partial charge in [0.2, 0.25) is 0 Å². The lowest BCUT2D eigenvalue weighted by atomic mass is 11.5. The van der Waals surface area contributed by atoms with Crippen molar-refractivity contribution >= 4 is 9.28 Å². The summed E-state index contributed by atoms with van der Waals surface area (Å²) >= 11 is 0. The van der Waals surface area contributed by atoms with Crippen molar-refractivity contribution < 1.29 is 14.3 Å². The van der Waals surface area contributed by atoms with Gasteiger partial charge in [0, 0.05) is 7.11 Å². The van der Waals surface area contributed by atoms with E-state index in [9.17, 15) is 0 Å². The van der Waals surface area contributed by atoms with Crippen LogP contribution in [-0.4, -0.2) is 32.2 Å². The van der Waals surface area contributed by atoms with E-state index < -0.39 is 9.28 Å². The third-order valence-corrected chi connectivity index (χ3v) is 0.947. The maximum absolute atomic E-state index is 8.12. The molecular formula is C2H8O3Si. The summed E-state index contributed by atoms with van der Waals surface area (Å²) in [7, 11) is -0.956. The van der Waals surface area contributed by atoms with Gasteiger partial charge in [-0.3, -0.25) is 0 Å². The minimum atomic E-state index is -2.39. The SMILES string of the molecule is COC[SiH](O)O. The van der Waals surface area contributed by atoms with Crippen LogP contribution in [0.5, 0.6) is 0 Å². The van der Waals surface area contributed by atoms with Crippen molar-refractivity contribution in [1.82, 2.24) is 0 Å². The Morgan fingerprint density at radius 3 is 2.17 bits per heavy atom. The van der Waals surface area contributed by atoms with Crippen LogP contribution in [0.3, 0.4) is 0 Å². The van der Waals surface area contributed by atoms with Gasteiger partial charge < -0.3 is 14.3 Å². The topological polar surface area (TPSA) is 49.7 Å². The molecule has 4 heteroatoms. The zero-order chi connectivity index (χ0) is 4.99. The van der Waals surface area contributed by atoms with E-state index in [0.29, 0.717) is 0 Å². The van der Waals surface area contributed by atoms with Crippen LogP contribution in [0, 0.1) is 0 Å². The van der Waals surface area contributed by atoms with E-state index in [-0.39, 0.29) is 6.23 Å². The molecule has 2 N–H and O–H groups in total. The van der Waals surface area contributed by atoms with Crippen LogP contribution in [0.4, 0.5) is 0 Å². The smallest absolute Gasteiger partial charge is 0.342 e. The molecule has 0 heterocycles. The molecule has 0 saturated heterocycles. The Morgan fingerprint density at radius 1 is 1.67 bits per heavy atom. The van der Waals surface area contributed by atoms with Crippen molar-refractivity contribution in [2.45, 2.75) is 0 Å². The molecule has 0 fully saturated rings. The van der Waals surface area contributed by atoms with E-state index in [2.05, 4.69) is 4.74 Å². The summed E-state index contributed by atoms with van der Waals surface area (Å²) in [5.74, 6) is 0. The van der Waals surface area contributed by atoms with Crippen molar-refractivity contribution in [2.24, 2.45) is 0 Å². The minimum Gasteiger partial charge on any atom is -0.412 e. The molecule has 0 bridgehead atoms. The summed E-state index contributed by atoms with van der Waals surface area (Å²) in [6.45, 7) is 0. The van der Waals surface area contributed by atoms with Gasteiger partial charge in [0.15, 0.2) is 0 Å². The fourth-order valence-corrected chi connectivity index (χ4v) is 0.447. The first-order chi connectivity index (χ1) is 2.77. The highest BCUT2D eigenvalue weighted by Crippen LogP contribution is 1.65. The van der Waals surface area contributed by atoms with Crippen LogP contribution in [0.1, 0.15) is 0 Å². The molecule has 0 aromatic heterocycles. The standard InChI is InChI=1S/C2H8O3Si/c1-5-2-6(3)4/h3-4,6H,2H2,1H3. The molecule has 0 radical (unpaired) electrons. The van der Waals surface area contributed by atoms with Crippen LogP contribution in [0.2, 0.25) is 0 Å². The monoisotopic (exact) mass is 108 g/mol. The van der Waals surface area contributed by atoms with Gasteiger partial charge in [-0.2, -0.15) is 0 Å². The Bertz CT molecular complexity index is 30.0. The fraction of sp³-hybridized carbons (Fsp3) is 1.00. The predicted octanol–water partition coefficient (Wildman–Crippen LogP) is -1.62. The van der Waals surface area contributed by atoms with Gasteiger partial charge >= 0.3 is 9.28 Å². The Morgan fingerprint density at radius 2 is 2.17 bits per heavy atom. The van der Waals surface area contributed by atoms with Crippen LogP contribution in [0.15, 0.2) is 0 Å². The van der Waals surface area contributed by atoms with Gasteiger partial charge in [0.05, 0.1) is 6.23 Å². The second-order valence-corrected chi connectivity index (χ2v) is 2.23. The second-order valence-electron chi connectivity index (χ2n) is 0.936. The quantitative estimate of drug-likeness (QED) is 0.418. The van der Waals surface area contributed by atoms with Crippen LogP contribution in [0.25, 0.3) is 0 Å². The van der Waals surface area contributed by atoms with E-state index in [1.54, 1.807) is 0 Å². The van der Waals surface area contributed by atoms with Crippen LogP contribution < -0.4 is 0 Å². The molecular weight excluding hydrogens is 100 g/mol. The number of rotatable bonds is 2. The van der Waals surface area contributed by atoms with Gasteiger partial charge in [-0.05, 0) is 0 Å². The van der Waals surface area contributed by atoms with E-state index >= 15 is 0 Å². The Hall–Kier alpha value is 0.0969. The van der Waals surface area contributed by atoms with Crippen LogP contribution in [-0.2, 0) is 4.74 Å². The number of hydrogen-bond acceptors (Lipinski definition) is 3. The normalized spacial score (nSPS) is 10.0. The minimum absolute atomic E-state index is 0.125. The summed E-state index contributed by atoms with van der Waals surface area (Å²) in [4.78, 5) is 16.2. The van der Waals surface area contributed by atoms with Gasteiger partial charge in [-0.1, -0.05) is 0 Å². The molecule has 0 unspecified atom stereocenters. The summed E-state index contributed by atoms with van der Waals surface area (Å²) in [5, 5.41) is 0. The van der Waals surface area contributed by atoms with E-state index in [4.69, 9.17) is 9.59 Å². The first-order valence-electron chi connectivity index (χ1n) is 1.62. The molecule has 0 aromatic rings. The molecule has 0 spiro atoms. The Balaban J connectivity index is 2.63. The highest BCUT2D eigenvalue weighted by Gasteiger charge is 1.95. The molecule has 0 aliphatic carbocycles. The summed E-state index contributed by atoms with van der Waals surface area (Å²) in [5.41, 5.74) is 0. The molecule has 38 valence electrons. The van der Waals surface area contributed by atoms with Crippen molar-refractivity contribution in [3.63, 3.8) is 0 Å². The molecule has 3 nitrogen and oxygen atoms in total. The third-order valence-electron chi connectivity index (χ3n) is 0.316. The number of ether oxygens (including phenoxy) is 1. The first-order valence-corrected chi connectivity index (χ1v) is 3.47. The second kappa shape index (κ2) is 3.29. The zero-order valence-corrected chi connectivity index (χ0v) is 4.74. The van der Waals surface area contributed by atoms with Crippen molar-refractivity contribution in [1.29, 1.82) is 0 Å². The number of methoxy groups -OCH3 is 1. The summed E-state index contributed by atoms with van der Waals surface area (Å²) < 4.78 is 4.36. The number of hydrogen-bond donors (Lipinski definition) is 2. The van der Waals surface area contributed by atoms with Gasteiger partial charge in [-0.25, -0.2) is 0 Å². The zero-order valence-electron chi connectivity index (χ0n) is 3.59. The Labute approximate surface area is 38.0 Å². The Kier molecular flexibility index (Phi) is 3.35. The predicted molar refractivity (Wildman–Crippen MR) is 23.5 cm³/mol. The first kappa shape index (κ1) is 6.10. The lowest BCUT2D eigenvalue weighted by Crippen LogP contribution is -2.18. The molecule has 0 rings (SSSR count). The molecule has 0 amide bonds.